The molecule has 9 heteroatoms. The second-order valence-electron chi connectivity index (χ2n) is 9.27. The maximum absolute atomic E-state index is 6.65. The van der Waals surface area contributed by atoms with Gasteiger partial charge >= 0.3 is 0 Å². The van der Waals surface area contributed by atoms with Crippen LogP contribution in [0.15, 0.2) is 75.6 Å². The molecule has 0 N–H and O–H groups in total. The Morgan fingerprint density at radius 2 is 1.74 bits per heavy atom. The van der Waals surface area contributed by atoms with E-state index in [0.29, 0.717) is 39.6 Å². The lowest BCUT2D eigenvalue weighted by Gasteiger charge is -2.11. The summed E-state index contributed by atoms with van der Waals surface area (Å²) < 4.78 is 14.5. The fourth-order valence-electron chi connectivity index (χ4n) is 4.86. The topological polar surface area (TPSA) is 66.0 Å². The van der Waals surface area contributed by atoms with Crippen molar-refractivity contribution in [2.75, 3.05) is 7.11 Å². The van der Waals surface area contributed by atoms with Gasteiger partial charge in [-0.25, -0.2) is 4.68 Å². The Hall–Kier alpha value is -3.13. The van der Waals surface area contributed by atoms with Crippen LogP contribution in [0.3, 0.4) is 0 Å². The van der Waals surface area contributed by atoms with Crippen molar-refractivity contribution in [1.29, 1.82) is 0 Å². The van der Waals surface area contributed by atoms with Crippen LogP contribution < -0.4 is 4.74 Å². The molecular formula is C29H23BrCl2N4O2. The van der Waals surface area contributed by atoms with E-state index in [2.05, 4.69) is 45.2 Å². The van der Waals surface area contributed by atoms with E-state index in [9.17, 15) is 0 Å². The Bertz CT molecular complexity index is 1620. The van der Waals surface area contributed by atoms with Crippen LogP contribution in [0.25, 0.3) is 28.5 Å². The van der Waals surface area contributed by atoms with Gasteiger partial charge < -0.3 is 9.15 Å². The first-order valence-corrected chi connectivity index (χ1v) is 13.8. The molecule has 0 amide bonds. The van der Waals surface area contributed by atoms with Crippen molar-refractivity contribution >= 4 is 39.1 Å². The van der Waals surface area contributed by atoms with Crippen molar-refractivity contribution in [2.24, 2.45) is 0 Å². The molecule has 0 spiro atoms. The number of ether oxygens (including phenoxy) is 1. The molecule has 6 rings (SSSR count). The van der Waals surface area contributed by atoms with E-state index in [4.69, 9.17) is 37.5 Å². The molecule has 2 aromatic heterocycles. The summed E-state index contributed by atoms with van der Waals surface area (Å²) >= 11 is 16.4. The lowest BCUT2D eigenvalue weighted by molar-refractivity contribution is 0.414. The molecule has 0 radical (unpaired) electrons. The molecule has 0 atom stereocenters. The minimum Gasteiger partial charge on any atom is -0.497 e. The van der Waals surface area contributed by atoms with Crippen LogP contribution in [0.2, 0.25) is 10.0 Å². The third kappa shape index (κ3) is 4.32. The molecule has 0 saturated heterocycles. The Labute approximate surface area is 238 Å². The molecule has 0 aliphatic heterocycles. The van der Waals surface area contributed by atoms with Crippen molar-refractivity contribution < 1.29 is 9.15 Å². The highest BCUT2D eigenvalue weighted by atomic mass is 79.9. The van der Waals surface area contributed by atoms with Crippen LogP contribution in [0.1, 0.15) is 36.8 Å². The van der Waals surface area contributed by atoms with E-state index in [-0.39, 0.29) is 5.41 Å². The van der Waals surface area contributed by atoms with E-state index < -0.39 is 0 Å². The highest BCUT2D eigenvalue weighted by molar-refractivity contribution is 9.10. The lowest BCUT2D eigenvalue weighted by Crippen LogP contribution is -2.09. The van der Waals surface area contributed by atoms with Crippen molar-refractivity contribution in [3.8, 4) is 34.3 Å². The van der Waals surface area contributed by atoms with Crippen LogP contribution >= 0.6 is 39.1 Å². The summed E-state index contributed by atoms with van der Waals surface area (Å²) in [7, 11) is 1.66. The molecule has 6 nitrogen and oxygen atoms in total. The van der Waals surface area contributed by atoms with Gasteiger partial charge in [0, 0.05) is 20.6 Å². The van der Waals surface area contributed by atoms with Gasteiger partial charge in [0.2, 0.25) is 5.89 Å². The number of hydrogen-bond acceptors (Lipinski definition) is 5. The predicted molar refractivity (Wildman–Crippen MR) is 152 cm³/mol. The average molecular weight is 610 g/mol. The van der Waals surface area contributed by atoms with Crippen molar-refractivity contribution in [3.63, 3.8) is 0 Å². The Morgan fingerprint density at radius 1 is 1.00 bits per heavy atom. The van der Waals surface area contributed by atoms with E-state index >= 15 is 0 Å². The van der Waals surface area contributed by atoms with Gasteiger partial charge in [-0.15, -0.1) is 10.2 Å². The molecule has 38 heavy (non-hydrogen) atoms. The predicted octanol–water partition coefficient (Wildman–Crippen LogP) is 8.31. The zero-order chi connectivity index (χ0) is 26.4. The molecule has 5 aromatic rings. The molecule has 0 unspecified atom stereocenters. The summed E-state index contributed by atoms with van der Waals surface area (Å²) in [5.74, 6) is 1.80. The normalized spacial score (nSPS) is 14.0. The smallest absolute Gasteiger partial charge is 0.268 e. The highest BCUT2D eigenvalue weighted by Gasteiger charge is 2.51. The second-order valence-corrected chi connectivity index (χ2v) is 11.0. The van der Waals surface area contributed by atoms with Crippen LogP contribution in [0.4, 0.5) is 0 Å². The number of nitrogens with zero attached hydrogens (tertiary/aromatic N) is 4. The quantitative estimate of drug-likeness (QED) is 0.186. The number of halogens is 3. The number of methoxy groups -OCH3 is 1. The van der Waals surface area contributed by atoms with Gasteiger partial charge in [0.05, 0.1) is 28.9 Å². The summed E-state index contributed by atoms with van der Waals surface area (Å²) in [4.78, 5) is 0. The number of rotatable bonds is 7. The maximum Gasteiger partial charge on any atom is 0.268 e. The summed E-state index contributed by atoms with van der Waals surface area (Å²) in [6.07, 6.45) is 2.59. The van der Waals surface area contributed by atoms with Gasteiger partial charge in [-0.2, -0.15) is 5.10 Å². The molecule has 192 valence electrons. The van der Waals surface area contributed by atoms with Crippen LogP contribution in [-0.4, -0.2) is 27.1 Å². The molecule has 2 heterocycles. The molecule has 1 aliphatic rings. The fourth-order valence-corrected chi connectivity index (χ4v) is 5.61. The molecule has 1 aliphatic carbocycles. The highest BCUT2D eigenvalue weighted by Crippen LogP contribution is 2.53. The van der Waals surface area contributed by atoms with Crippen LogP contribution in [-0.2, 0) is 11.8 Å². The first-order valence-electron chi connectivity index (χ1n) is 12.3. The van der Waals surface area contributed by atoms with E-state index in [1.54, 1.807) is 19.2 Å². The number of benzene rings is 3. The largest absolute Gasteiger partial charge is 0.497 e. The molecule has 0 bridgehead atoms. The average Bonchev–Trinajstić information content (AvgIpc) is 3.42. The maximum atomic E-state index is 6.65. The van der Waals surface area contributed by atoms with Crippen LogP contribution in [0, 0.1) is 0 Å². The third-order valence-electron chi connectivity index (χ3n) is 7.02. The number of hydrogen-bond donors (Lipinski definition) is 0. The zero-order valence-corrected chi connectivity index (χ0v) is 23.8. The van der Waals surface area contributed by atoms with Crippen molar-refractivity contribution in [1.82, 2.24) is 20.0 Å². The first kappa shape index (κ1) is 25.2. The third-order valence-corrected chi connectivity index (χ3v) is 8.09. The zero-order valence-electron chi connectivity index (χ0n) is 20.7. The Balaban J connectivity index is 1.49. The molecular weight excluding hydrogens is 587 g/mol. The van der Waals surface area contributed by atoms with E-state index in [1.165, 1.54) is 0 Å². The summed E-state index contributed by atoms with van der Waals surface area (Å²) in [6, 6.07) is 21.5. The van der Waals surface area contributed by atoms with Gasteiger partial charge in [-0.05, 0) is 67.3 Å². The van der Waals surface area contributed by atoms with E-state index in [0.717, 1.165) is 45.4 Å². The number of aromatic nitrogens is 4. The molecule has 1 saturated carbocycles. The van der Waals surface area contributed by atoms with Crippen molar-refractivity contribution in [3.05, 3.63) is 98.3 Å². The van der Waals surface area contributed by atoms with Crippen molar-refractivity contribution in [2.45, 2.75) is 31.6 Å². The van der Waals surface area contributed by atoms with E-state index in [1.807, 2.05) is 47.1 Å². The SMILES string of the molecule is CCc1c(-c2nnc(C3(c4ccc(OC)cc4)CC3)o2)nn(-c2ccc(Cl)cc2Cl)c1-c1ccc(Br)cc1. The second kappa shape index (κ2) is 9.88. The fraction of sp³-hybridized carbons (Fsp3) is 0.207. The standard InChI is InChI=1S/C29H23BrCl2N4O2/c1-3-22-25(27-33-34-28(38-27)29(14-15-29)18-6-11-21(37-2)12-7-18)35-36(24-13-10-20(31)16-23(24)32)26(22)17-4-8-19(30)9-5-17/h4-13,16H,3,14-15H2,1-2H3. The van der Waals surface area contributed by atoms with Crippen LogP contribution in [0.5, 0.6) is 5.75 Å². The lowest BCUT2D eigenvalue weighted by atomic mass is 9.96. The van der Waals surface area contributed by atoms with Gasteiger partial charge in [0.1, 0.15) is 5.75 Å². The molecule has 3 aromatic carbocycles. The Kier molecular flexibility index (Phi) is 6.54. The minimum absolute atomic E-state index is 0.277. The monoisotopic (exact) mass is 608 g/mol. The van der Waals surface area contributed by atoms with Gasteiger partial charge in [-0.1, -0.05) is 70.3 Å². The summed E-state index contributed by atoms with van der Waals surface area (Å²) in [5.41, 5.74) is 5.11. The minimum atomic E-state index is -0.277. The van der Waals surface area contributed by atoms with Gasteiger partial charge in [0.25, 0.3) is 5.89 Å². The summed E-state index contributed by atoms with van der Waals surface area (Å²) in [5, 5.41) is 15.0. The molecule has 1 fully saturated rings. The van der Waals surface area contributed by atoms with Gasteiger partial charge in [0.15, 0.2) is 5.69 Å². The van der Waals surface area contributed by atoms with Gasteiger partial charge in [-0.3, -0.25) is 0 Å². The summed E-state index contributed by atoms with van der Waals surface area (Å²) in [6.45, 7) is 2.09. The Morgan fingerprint density at radius 3 is 2.37 bits per heavy atom. The first-order chi connectivity index (χ1) is 18.4.